The predicted molar refractivity (Wildman–Crippen MR) is 89.5 cm³/mol. The number of pyridine rings is 1. The SMILES string of the molecule is CC(C)(C)OC(=O)N1CCCC[C@@H]1COCc1ccc(Cl)nc1. The van der Waals surface area contributed by atoms with E-state index >= 15 is 0 Å². The van der Waals surface area contributed by atoms with Gasteiger partial charge in [-0.25, -0.2) is 9.78 Å². The molecule has 23 heavy (non-hydrogen) atoms. The van der Waals surface area contributed by atoms with E-state index in [9.17, 15) is 4.79 Å². The zero-order chi connectivity index (χ0) is 16.9. The lowest BCUT2D eigenvalue weighted by Crippen LogP contribution is -2.48. The first-order valence-electron chi connectivity index (χ1n) is 8.03. The Morgan fingerprint density at radius 3 is 2.83 bits per heavy atom. The Kier molecular flexibility index (Phi) is 6.25. The molecule has 0 N–H and O–H groups in total. The van der Waals surface area contributed by atoms with E-state index in [1.54, 1.807) is 17.2 Å². The number of amides is 1. The largest absolute Gasteiger partial charge is 0.444 e. The lowest BCUT2D eigenvalue weighted by molar-refractivity contribution is -0.00999. The summed E-state index contributed by atoms with van der Waals surface area (Å²) in [5, 5.41) is 0.470. The van der Waals surface area contributed by atoms with Crippen LogP contribution in [0.1, 0.15) is 45.6 Å². The third kappa shape index (κ3) is 5.99. The molecule has 6 heteroatoms. The van der Waals surface area contributed by atoms with Crippen molar-refractivity contribution in [3.8, 4) is 0 Å². The van der Waals surface area contributed by atoms with E-state index in [1.165, 1.54) is 0 Å². The molecule has 0 aromatic carbocycles. The van der Waals surface area contributed by atoms with Crippen LogP contribution >= 0.6 is 11.6 Å². The zero-order valence-corrected chi connectivity index (χ0v) is 14.8. The fourth-order valence-electron chi connectivity index (χ4n) is 2.54. The molecule has 1 aromatic rings. The Bertz CT molecular complexity index is 514. The number of ether oxygens (including phenoxy) is 2. The van der Waals surface area contributed by atoms with Gasteiger partial charge in [-0.2, -0.15) is 0 Å². The van der Waals surface area contributed by atoms with E-state index in [4.69, 9.17) is 21.1 Å². The second kappa shape index (κ2) is 7.97. The number of piperidine rings is 1. The Labute approximate surface area is 142 Å². The first-order valence-corrected chi connectivity index (χ1v) is 8.41. The maximum atomic E-state index is 12.3. The summed E-state index contributed by atoms with van der Waals surface area (Å²) < 4.78 is 11.3. The normalized spacial score (nSPS) is 18.8. The van der Waals surface area contributed by atoms with Gasteiger partial charge in [0.2, 0.25) is 0 Å². The van der Waals surface area contributed by atoms with Crippen molar-refractivity contribution in [2.24, 2.45) is 0 Å². The molecule has 1 fully saturated rings. The summed E-state index contributed by atoms with van der Waals surface area (Å²) in [4.78, 5) is 18.1. The molecule has 0 bridgehead atoms. The predicted octanol–water partition coefficient (Wildman–Crippen LogP) is 4.04. The van der Waals surface area contributed by atoms with Crippen LogP contribution in [0, 0.1) is 0 Å². The van der Waals surface area contributed by atoms with Crippen LogP contribution in [-0.2, 0) is 16.1 Å². The Hall–Kier alpha value is -1.33. The van der Waals surface area contributed by atoms with Gasteiger partial charge < -0.3 is 14.4 Å². The van der Waals surface area contributed by atoms with Gasteiger partial charge in [0.15, 0.2) is 0 Å². The van der Waals surface area contributed by atoms with Gasteiger partial charge in [-0.05, 0) is 51.7 Å². The highest BCUT2D eigenvalue weighted by molar-refractivity contribution is 6.29. The van der Waals surface area contributed by atoms with Gasteiger partial charge in [0.1, 0.15) is 10.8 Å². The molecule has 1 aliphatic heterocycles. The van der Waals surface area contributed by atoms with Crippen LogP contribution in [0.3, 0.4) is 0 Å². The van der Waals surface area contributed by atoms with Crippen LogP contribution in [-0.4, -0.2) is 40.8 Å². The minimum Gasteiger partial charge on any atom is -0.444 e. The first-order chi connectivity index (χ1) is 10.8. The Balaban J connectivity index is 1.86. The monoisotopic (exact) mass is 340 g/mol. The topological polar surface area (TPSA) is 51.7 Å². The van der Waals surface area contributed by atoms with Crippen molar-refractivity contribution in [3.05, 3.63) is 29.0 Å². The number of carbonyl (C=O) groups is 1. The summed E-state index contributed by atoms with van der Waals surface area (Å²) in [7, 11) is 0. The van der Waals surface area contributed by atoms with Gasteiger partial charge in [-0.1, -0.05) is 17.7 Å². The molecule has 0 spiro atoms. The second-order valence-corrected chi connectivity index (χ2v) is 7.21. The van der Waals surface area contributed by atoms with Crippen molar-refractivity contribution >= 4 is 17.7 Å². The summed E-state index contributed by atoms with van der Waals surface area (Å²) in [6.45, 7) is 7.34. The lowest BCUT2D eigenvalue weighted by Gasteiger charge is -2.36. The van der Waals surface area contributed by atoms with E-state index in [0.717, 1.165) is 31.4 Å². The highest BCUT2D eigenvalue weighted by atomic mass is 35.5. The van der Waals surface area contributed by atoms with E-state index in [-0.39, 0.29) is 12.1 Å². The maximum absolute atomic E-state index is 12.3. The van der Waals surface area contributed by atoms with Crippen LogP contribution in [0.4, 0.5) is 4.79 Å². The van der Waals surface area contributed by atoms with Gasteiger partial charge in [-0.15, -0.1) is 0 Å². The molecule has 1 amide bonds. The van der Waals surface area contributed by atoms with Crippen LogP contribution in [0.25, 0.3) is 0 Å². The highest BCUT2D eigenvalue weighted by Gasteiger charge is 2.30. The molecule has 1 aromatic heterocycles. The Morgan fingerprint density at radius 1 is 1.39 bits per heavy atom. The molecular weight excluding hydrogens is 316 g/mol. The van der Waals surface area contributed by atoms with E-state index in [1.807, 2.05) is 26.8 Å². The van der Waals surface area contributed by atoms with Crippen molar-refractivity contribution in [1.82, 2.24) is 9.88 Å². The van der Waals surface area contributed by atoms with E-state index < -0.39 is 5.60 Å². The molecule has 1 saturated heterocycles. The highest BCUT2D eigenvalue weighted by Crippen LogP contribution is 2.21. The summed E-state index contributed by atoms with van der Waals surface area (Å²) >= 11 is 5.76. The fourth-order valence-corrected chi connectivity index (χ4v) is 2.65. The Morgan fingerprint density at radius 2 is 2.17 bits per heavy atom. The molecule has 128 valence electrons. The number of nitrogens with zero attached hydrogens (tertiary/aromatic N) is 2. The average Bonchev–Trinajstić information content (AvgIpc) is 2.48. The van der Waals surface area contributed by atoms with Crippen molar-refractivity contribution in [2.45, 2.75) is 58.3 Å². The van der Waals surface area contributed by atoms with Crippen molar-refractivity contribution < 1.29 is 14.3 Å². The second-order valence-electron chi connectivity index (χ2n) is 6.83. The number of hydrogen-bond acceptors (Lipinski definition) is 4. The molecule has 1 atom stereocenters. The van der Waals surface area contributed by atoms with Gasteiger partial charge in [0.05, 0.1) is 19.3 Å². The number of hydrogen-bond donors (Lipinski definition) is 0. The smallest absolute Gasteiger partial charge is 0.410 e. The molecule has 2 heterocycles. The molecule has 2 rings (SSSR count). The molecule has 0 radical (unpaired) electrons. The third-order valence-corrected chi connectivity index (χ3v) is 3.85. The number of aromatic nitrogens is 1. The first kappa shape index (κ1) is 18.0. The molecule has 1 aliphatic rings. The zero-order valence-electron chi connectivity index (χ0n) is 14.0. The van der Waals surface area contributed by atoms with Gasteiger partial charge in [-0.3, -0.25) is 0 Å². The van der Waals surface area contributed by atoms with Crippen molar-refractivity contribution in [2.75, 3.05) is 13.2 Å². The average molecular weight is 341 g/mol. The minimum absolute atomic E-state index is 0.0684. The summed E-state index contributed by atoms with van der Waals surface area (Å²) in [6.07, 6.45) is 4.51. The summed E-state index contributed by atoms with van der Waals surface area (Å²) in [5.41, 5.74) is 0.489. The molecule has 5 nitrogen and oxygen atoms in total. The maximum Gasteiger partial charge on any atom is 0.410 e. The van der Waals surface area contributed by atoms with Gasteiger partial charge in [0.25, 0.3) is 0 Å². The van der Waals surface area contributed by atoms with E-state index in [2.05, 4.69) is 4.98 Å². The van der Waals surface area contributed by atoms with Gasteiger partial charge >= 0.3 is 6.09 Å². The van der Waals surface area contributed by atoms with Crippen LogP contribution in [0.15, 0.2) is 18.3 Å². The number of halogens is 1. The standard InChI is InChI=1S/C17H25ClN2O3/c1-17(2,3)23-16(21)20-9-5-4-6-14(20)12-22-11-13-7-8-15(18)19-10-13/h7-8,10,14H,4-6,9,11-12H2,1-3H3/t14-/m1/s1. The lowest BCUT2D eigenvalue weighted by atomic mass is 10.0. The van der Waals surface area contributed by atoms with Crippen molar-refractivity contribution in [1.29, 1.82) is 0 Å². The van der Waals surface area contributed by atoms with Crippen LogP contribution in [0.2, 0.25) is 5.15 Å². The van der Waals surface area contributed by atoms with Gasteiger partial charge in [0, 0.05) is 12.7 Å². The number of likely N-dealkylation sites (tertiary alicyclic amines) is 1. The van der Waals surface area contributed by atoms with E-state index in [0.29, 0.717) is 18.4 Å². The van der Waals surface area contributed by atoms with Crippen LogP contribution in [0.5, 0.6) is 0 Å². The minimum atomic E-state index is -0.477. The molecule has 0 aliphatic carbocycles. The quantitative estimate of drug-likeness (QED) is 0.776. The molecule has 0 unspecified atom stereocenters. The number of rotatable bonds is 4. The third-order valence-electron chi connectivity index (χ3n) is 3.62. The molecule has 0 saturated carbocycles. The fraction of sp³-hybridized carbons (Fsp3) is 0.647. The van der Waals surface area contributed by atoms with Crippen molar-refractivity contribution in [3.63, 3.8) is 0 Å². The summed E-state index contributed by atoms with van der Waals surface area (Å²) in [5.74, 6) is 0. The molecular formula is C17H25ClN2O3. The van der Waals surface area contributed by atoms with Crippen LogP contribution < -0.4 is 0 Å². The number of carbonyl (C=O) groups excluding carboxylic acids is 1. The summed E-state index contributed by atoms with van der Waals surface area (Å²) in [6, 6.07) is 3.70.